The number of aliphatic hydroxyl groups is 1. The Balaban J connectivity index is 1.78. The lowest BCUT2D eigenvalue weighted by Crippen LogP contribution is -2.37. The molecule has 1 N–H and O–H groups in total. The lowest BCUT2D eigenvalue weighted by atomic mass is 10.2. The molecule has 0 saturated carbocycles. The van der Waals surface area contributed by atoms with Crippen LogP contribution >= 0.6 is 0 Å². The Morgan fingerprint density at radius 2 is 1.65 bits per heavy atom. The maximum absolute atomic E-state index is 10.3. The molecule has 2 rings (SSSR count). The quantitative estimate of drug-likeness (QED) is 0.809. The third kappa shape index (κ3) is 5.46. The number of aromatic nitrogens is 1. The van der Waals surface area contributed by atoms with Crippen molar-refractivity contribution in [1.29, 1.82) is 0 Å². The van der Waals surface area contributed by atoms with E-state index in [1.54, 1.807) is 0 Å². The van der Waals surface area contributed by atoms with E-state index in [0.29, 0.717) is 13.1 Å². The van der Waals surface area contributed by atoms with Crippen LogP contribution in [0.4, 0.5) is 0 Å². The largest absolute Gasteiger partial charge is 0.390 e. The predicted molar refractivity (Wildman–Crippen MR) is 91.1 cm³/mol. The highest BCUT2D eigenvalue weighted by Crippen LogP contribution is 2.14. The Hall–Kier alpha value is -1.69. The molecule has 23 heavy (non-hydrogen) atoms. The lowest BCUT2D eigenvalue weighted by Gasteiger charge is -2.24. The number of benzene rings is 1. The minimum Gasteiger partial charge on any atom is -0.390 e. The SMILES string of the molecule is Cc1noc(C)c1CN(C)CC(O)CN(C)Cc1ccccc1. The molecule has 1 aromatic heterocycles. The van der Waals surface area contributed by atoms with Crippen molar-refractivity contribution >= 4 is 0 Å². The standard InChI is InChI=1S/C18H27N3O2/c1-14-18(15(2)23-19-14)13-21(4)12-17(22)11-20(3)10-16-8-6-5-7-9-16/h5-9,17,22H,10-13H2,1-4H3. The predicted octanol–water partition coefficient (Wildman–Crippen LogP) is 2.22. The molecule has 0 spiro atoms. The molecular formula is C18H27N3O2. The molecule has 1 unspecified atom stereocenters. The summed E-state index contributed by atoms with van der Waals surface area (Å²) in [7, 11) is 4.04. The van der Waals surface area contributed by atoms with E-state index in [0.717, 1.165) is 30.1 Å². The fourth-order valence-electron chi connectivity index (χ4n) is 2.80. The van der Waals surface area contributed by atoms with E-state index in [1.807, 2.05) is 46.1 Å². The summed E-state index contributed by atoms with van der Waals surface area (Å²) in [5.74, 6) is 0.852. The molecule has 0 fully saturated rings. The molecule has 1 heterocycles. The van der Waals surface area contributed by atoms with Gasteiger partial charge in [0.15, 0.2) is 0 Å². The van der Waals surface area contributed by atoms with Crippen LogP contribution in [0.1, 0.15) is 22.6 Å². The van der Waals surface area contributed by atoms with Crippen LogP contribution in [0.5, 0.6) is 0 Å². The fraction of sp³-hybridized carbons (Fsp3) is 0.500. The van der Waals surface area contributed by atoms with Crippen molar-refractivity contribution in [2.24, 2.45) is 0 Å². The molecular weight excluding hydrogens is 290 g/mol. The van der Waals surface area contributed by atoms with Gasteiger partial charge >= 0.3 is 0 Å². The van der Waals surface area contributed by atoms with Crippen LogP contribution in [-0.4, -0.2) is 53.4 Å². The number of aliphatic hydroxyl groups excluding tert-OH is 1. The molecule has 1 aromatic carbocycles. The lowest BCUT2D eigenvalue weighted by molar-refractivity contribution is 0.0866. The molecule has 1 atom stereocenters. The minimum absolute atomic E-state index is 0.394. The van der Waals surface area contributed by atoms with E-state index < -0.39 is 6.10 Å². The second-order valence-corrected chi connectivity index (χ2v) is 6.34. The van der Waals surface area contributed by atoms with Gasteiger partial charge in [-0.25, -0.2) is 0 Å². The molecule has 5 heteroatoms. The van der Waals surface area contributed by atoms with Gasteiger partial charge < -0.3 is 9.63 Å². The summed E-state index contributed by atoms with van der Waals surface area (Å²) in [5, 5.41) is 14.3. The molecule has 0 aliphatic heterocycles. The Morgan fingerprint density at radius 1 is 1.04 bits per heavy atom. The topological polar surface area (TPSA) is 52.7 Å². The molecule has 0 saturated heterocycles. The van der Waals surface area contributed by atoms with Crippen LogP contribution in [0, 0.1) is 13.8 Å². The summed E-state index contributed by atoms with van der Waals surface area (Å²) in [6.45, 7) is 6.70. The monoisotopic (exact) mass is 317 g/mol. The molecule has 2 aromatic rings. The average molecular weight is 317 g/mol. The van der Waals surface area contributed by atoms with Gasteiger partial charge in [0.1, 0.15) is 5.76 Å². The van der Waals surface area contributed by atoms with Crippen molar-refractivity contribution in [2.45, 2.75) is 33.0 Å². The van der Waals surface area contributed by atoms with E-state index in [1.165, 1.54) is 5.56 Å². The van der Waals surface area contributed by atoms with Gasteiger partial charge in [-0.1, -0.05) is 35.5 Å². The Morgan fingerprint density at radius 3 is 2.22 bits per heavy atom. The summed E-state index contributed by atoms with van der Waals surface area (Å²) >= 11 is 0. The smallest absolute Gasteiger partial charge is 0.138 e. The third-order valence-corrected chi connectivity index (χ3v) is 3.95. The number of likely N-dealkylation sites (N-methyl/N-ethyl adjacent to an activating group) is 2. The van der Waals surface area contributed by atoms with Gasteiger partial charge in [0.05, 0.1) is 11.8 Å². The number of rotatable bonds is 8. The highest BCUT2D eigenvalue weighted by atomic mass is 16.5. The first-order chi connectivity index (χ1) is 11.0. The summed E-state index contributed by atoms with van der Waals surface area (Å²) < 4.78 is 5.18. The summed E-state index contributed by atoms with van der Waals surface area (Å²) in [4.78, 5) is 4.25. The van der Waals surface area contributed by atoms with E-state index >= 15 is 0 Å². The number of nitrogens with zero attached hydrogens (tertiary/aromatic N) is 3. The second-order valence-electron chi connectivity index (χ2n) is 6.34. The van der Waals surface area contributed by atoms with Gasteiger partial charge in [-0.15, -0.1) is 0 Å². The number of hydrogen-bond donors (Lipinski definition) is 1. The molecule has 0 aliphatic rings. The summed E-state index contributed by atoms with van der Waals surface area (Å²) in [6, 6.07) is 10.3. The molecule has 0 radical (unpaired) electrons. The van der Waals surface area contributed by atoms with Gasteiger partial charge in [0.2, 0.25) is 0 Å². The molecule has 0 bridgehead atoms. The molecule has 0 amide bonds. The van der Waals surface area contributed by atoms with Crippen molar-refractivity contribution in [1.82, 2.24) is 15.0 Å². The fourth-order valence-corrected chi connectivity index (χ4v) is 2.80. The van der Waals surface area contributed by atoms with Crippen molar-refractivity contribution < 1.29 is 9.63 Å². The van der Waals surface area contributed by atoms with Gasteiger partial charge in [-0.05, 0) is 33.5 Å². The molecule has 126 valence electrons. The summed E-state index contributed by atoms with van der Waals surface area (Å²) in [5.41, 5.74) is 3.29. The van der Waals surface area contributed by atoms with E-state index in [9.17, 15) is 5.11 Å². The van der Waals surface area contributed by atoms with E-state index in [4.69, 9.17) is 4.52 Å². The van der Waals surface area contributed by atoms with E-state index in [-0.39, 0.29) is 0 Å². The normalized spacial score (nSPS) is 13.0. The first-order valence-corrected chi connectivity index (χ1v) is 7.96. The van der Waals surface area contributed by atoms with Crippen LogP contribution < -0.4 is 0 Å². The number of hydrogen-bond acceptors (Lipinski definition) is 5. The van der Waals surface area contributed by atoms with Crippen molar-refractivity contribution in [3.05, 3.63) is 52.9 Å². The van der Waals surface area contributed by atoms with Crippen LogP contribution in [-0.2, 0) is 13.1 Å². The zero-order valence-electron chi connectivity index (χ0n) is 14.5. The van der Waals surface area contributed by atoms with Crippen LogP contribution in [0.2, 0.25) is 0 Å². The molecule has 0 aliphatic carbocycles. The van der Waals surface area contributed by atoms with Crippen LogP contribution in [0.25, 0.3) is 0 Å². The maximum Gasteiger partial charge on any atom is 0.138 e. The second kappa shape index (κ2) is 8.24. The zero-order valence-corrected chi connectivity index (χ0v) is 14.5. The maximum atomic E-state index is 10.3. The Bertz CT molecular complexity index is 578. The highest BCUT2D eigenvalue weighted by Gasteiger charge is 2.15. The van der Waals surface area contributed by atoms with Crippen LogP contribution in [0.3, 0.4) is 0 Å². The van der Waals surface area contributed by atoms with Crippen molar-refractivity contribution in [3.63, 3.8) is 0 Å². The van der Waals surface area contributed by atoms with Crippen molar-refractivity contribution in [3.8, 4) is 0 Å². The van der Waals surface area contributed by atoms with Crippen LogP contribution in [0.15, 0.2) is 34.9 Å². The van der Waals surface area contributed by atoms with Gasteiger partial charge in [0, 0.05) is 31.7 Å². The first kappa shape index (κ1) is 17.7. The van der Waals surface area contributed by atoms with E-state index in [2.05, 4.69) is 27.1 Å². The summed E-state index contributed by atoms with van der Waals surface area (Å²) in [6.07, 6.45) is -0.394. The first-order valence-electron chi connectivity index (χ1n) is 7.96. The average Bonchev–Trinajstić information content (AvgIpc) is 2.79. The minimum atomic E-state index is -0.394. The van der Waals surface area contributed by atoms with Gasteiger partial charge in [-0.3, -0.25) is 9.80 Å². The third-order valence-electron chi connectivity index (χ3n) is 3.95. The Kier molecular flexibility index (Phi) is 6.33. The highest BCUT2D eigenvalue weighted by molar-refractivity contribution is 5.20. The Labute approximate surface area is 138 Å². The van der Waals surface area contributed by atoms with Gasteiger partial charge in [-0.2, -0.15) is 0 Å². The zero-order chi connectivity index (χ0) is 16.8. The number of aryl methyl sites for hydroxylation is 2. The van der Waals surface area contributed by atoms with Gasteiger partial charge in [0.25, 0.3) is 0 Å². The van der Waals surface area contributed by atoms with Crippen molar-refractivity contribution in [2.75, 3.05) is 27.2 Å². The molecule has 5 nitrogen and oxygen atoms in total.